The summed E-state index contributed by atoms with van der Waals surface area (Å²) in [6.07, 6.45) is -0.0797. The first kappa shape index (κ1) is 26.3. The molecule has 3 atom stereocenters. The Kier molecular flexibility index (Phi) is 12.3. The molecule has 0 aliphatic heterocycles. The Balaban J connectivity index is 0.000000956. The summed E-state index contributed by atoms with van der Waals surface area (Å²) in [7, 11) is 0. The first-order valence-electron chi connectivity index (χ1n) is 8.33. The summed E-state index contributed by atoms with van der Waals surface area (Å²) in [6.45, 7) is 0. The van der Waals surface area contributed by atoms with Gasteiger partial charge >= 0.3 is 23.9 Å². The Labute approximate surface area is 172 Å². The van der Waals surface area contributed by atoms with Gasteiger partial charge in [0.15, 0.2) is 0 Å². The minimum Gasteiger partial charge on any atom is -0.481 e. The van der Waals surface area contributed by atoms with E-state index >= 15 is 0 Å². The summed E-state index contributed by atoms with van der Waals surface area (Å²) < 4.78 is 5.01. The van der Waals surface area contributed by atoms with Crippen LogP contribution in [0.15, 0.2) is 24.3 Å². The summed E-state index contributed by atoms with van der Waals surface area (Å²) >= 11 is 3.65. The third-order valence-electron chi connectivity index (χ3n) is 3.40. The van der Waals surface area contributed by atoms with Crippen LogP contribution >= 0.6 is 12.6 Å². The molecule has 0 radical (unpaired) electrons. The van der Waals surface area contributed by atoms with Gasteiger partial charge in [-0.2, -0.15) is 12.6 Å². The van der Waals surface area contributed by atoms with Gasteiger partial charge < -0.3 is 37.3 Å². The highest BCUT2D eigenvalue weighted by molar-refractivity contribution is 7.80. The second-order valence-corrected chi connectivity index (χ2v) is 6.25. The molecule has 1 aromatic rings. The molecule has 1 rings (SSSR count). The fourth-order valence-electron chi connectivity index (χ4n) is 1.70. The predicted octanol–water partition coefficient (Wildman–Crippen LogP) is -0.933. The number of nitrogens with two attached hydrogens (primary N) is 3. The van der Waals surface area contributed by atoms with E-state index in [1.165, 1.54) is 12.1 Å². The molecule has 9 N–H and O–H groups in total. The number of carbonyl (C=O) groups excluding carboxylic acids is 1. The fourth-order valence-corrected chi connectivity index (χ4v) is 1.86. The minimum absolute atomic E-state index is 0.0142. The van der Waals surface area contributed by atoms with Crippen molar-refractivity contribution in [2.75, 3.05) is 5.75 Å². The van der Waals surface area contributed by atoms with Gasteiger partial charge in [0, 0.05) is 12.2 Å². The van der Waals surface area contributed by atoms with Crippen LogP contribution in [0.2, 0.25) is 0 Å². The Morgan fingerprint density at radius 3 is 1.79 bits per heavy atom. The van der Waals surface area contributed by atoms with Gasteiger partial charge in [0.2, 0.25) is 0 Å². The Morgan fingerprint density at radius 1 is 0.897 bits per heavy atom. The van der Waals surface area contributed by atoms with E-state index < -0.39 is 42.0 Å². The van der Waals surface area contributed by atoms with Gasteiger partial charge in [-0.25, -0.2) is 4.79 Å². The van der Waals surface area contributed by atoms with Crippen LogP contribution in [0.25, 0.3) is 0 Å². The average molecular weight is 431 g/mol. The molecule has 0 aromatic heterocycles. The van der Waals surface area contributed by atoms with Gasteiger partial charge in [0.1, 0.15) is 23.9 Å². The minimum atomic E-state index is -1.10. The van der Waals surface area contributed by atoms with E-state index in [4.69, 9.17) is 37.3 Å². The van der Waals surface area contributed by atoms with Crippen molar-refractivity contribution < 1.29 is 39.2 Å². The van der Waals surface area contributed by atoms with Gasteiger partial charge in [-0.15, -0.1) is 0 Å². The molecule has 0 aliphatic rings. The summed E-state index contributed by atoms with van der Waals surface area (Å²) in [5.74, 6) is -3.44. The molecule has 3 unspecified atom stereocenters. The SMILES string of the molecule is NC(CS)C(=O)O.NC(Cc1ccc(OC(=O)C(N)CCC(=O)O)cc1)C(=O)O. The van der Waals surface area contributed by atoms with Gasteiger partial charge in [-0.3, -0.25) is 14.4 Å². The maximum Gasteiger partial charge on any atom is 0.328 e. The number of aliphatic carboxylic acids is 3. The first-order chi connectivity index (χ1) is 13.5. The van der Waals surface area contributed by atoms with Crippen LogP contribution in [0, 0.1) is 0 Å². The normalized spacial score (nSPS) is 13.2. The zero-order valence-corrected chi connectivity index (χ0v) is 16.3. The number of esters is 1. The number of benzene rings is 1. The molecular formula is C17H25N3O8S. The summed E-state index contributed by atoms with van der Waals surface area (Å²) in [5, 5.41) is 25.2. The van der Waals surface area contributed by atoms with Crippen molar-refractivity contribution in [2.45, 2.75) is 37.4 Å². The van der Waals surface area contributed by atoms with Crippen LogP contribution in [0.3, 0.4) is 0 Å². The lowest BCUT2D eigenvalue weighted by molar-refractivity contribution is -0.139. The fraction of sp³-hybridized carbons (Fsp3) is 0.412. The van der Waals surface area contributed by atoms with E-state index in [9.17, 15) is 19.2 Å². The number of hydrogen-bond acceptors (Lipinski definition) is 9. The molecule has 0 spiro atoms. The van der Waals surface area contributed by atoms with Gasteiger partial charge in [0.25, 0.3) is 0 Å². The molecule has 29 heavy (non-hydrogen) atoms. The Morgan fingerprint density at radius 2 is 1.41 bits per heavy atom. The summed E-state index contributed by atoms with van der Waals surface area (Å²) in [6, 6.07) is 3.33. The van der Waals surface area contributed by atoms with Gasteiger partial charge in [-0.1, -0.05) is 12.1 Å². The van der Waals surface area contributed by atoms with E-state index in [2.05, 4.69) is 12.6 Å². The molecule has 0 aliphatic carbocycles. The number of ether oxygens (including phenoxy) is 1. The number of thiol groups is 1. The standard InChI is InChI=1S/C14H18N2O6.C3H7NO2S/c15-10(5-6-12(17)18)14(21)22-9-3-1-8(2-4-9)7-11(16)13(19)20;4-2(1-7)3(5)6/h1-4,10-11H,5-7,15-16H2,(H,17,18)(H,19,20);2,7H,1,4H2,(H,5,6). The van der Waals surface area contributed by atoms with Crippen molar-refractivity contribution in [2.24, 2.45) is 17.2 Å². The topological polar surface area (TPSA) is 216 Å². The number of carbonyl (C=O) groups is 4. The molecule has 0 fully saturated rings. The molecule has 11 nitrogen and oxygen atoms in total. The van der Waals surface area contributed by atoms with Crippen LogP contribution in [0.5, 0.6) is 5.75 Å². The van der Waals surface area contributed by atoms with Gasteiger partial charge in [-0.05, 0) is 30.5 Å². The average Bonchev–Trinajstić information content (AvgIpc) is 2.66. The van der Waals surface area contributed by atoms with Crippen LogP contribution in [-0.2, 0) is 25.6 Å². The van der Waals surface area contributed by atoms with Crippen molar-refractivity contribution in [3.63, 3.8) is 0 Å². The van der Waals surface area contributed by atoms with Crippen molar-refractivity contribution in [3.8, 4) is 5.75 Å². The highest BCUT2D eigenvalue weighted by atomic mass is 32.1. The highest BCUT2D eigenvalue weighted by Gasteiger charge is 2.17. The third-order valence-corrected chi connectivity index (χ3v) is 3.79. The lowest BCUT2D eigenvalue weighted by Gasteiger charge is -2.11. The highest BCUT2D eigenvalue weighted by Crippen LogP contribution is 2.14. The monoisotopic (exact) mass is 431 g/mol. The number of rotatable bonds is 10. The Bertz CT molecular complexity index is 698. The Hall–Kier alpha value is -2.67. The van der Waals surface area contributed by atoms with Crippen LogP contribution in [0.4, 0.5) is 0 Å². The van der Waals surface area contributed by atoms with Crippen molar-refractivity contribution in [1.82, 2.24) is 0 Å². The van der Waals surface area contributed by atoms with E-state index in [0.717, 1.165) is 0 Å². The van der Waals surface area contributed by atoms with Crippen molar-refractivity contribution in [1.29, 1.82) is 0 Å². The summed E-state index contributed by atoms with van der Waals surface area (Å²) in [4.78, 5) is 42.4. The largest absolute Gasteiger partial charge is 0.481 e. The van der Waals surface area contributed by atoms with Crippen LogP contribution in [-0.4, -0.2) is 63.1 Å². The molecule has 12 heteroatoms. The maximum atomic E-state index is 11.6. The smallest absolute Gasteiger partial charge is 0.328 e. The molecule has 0 amide bonds. The lowest BCUT2D eigenvalue weighted by Crippen LogP contribution is -2.34. The van der Waals surface area contributed by atoms with E-state index in [0.29, 0.717) is 5.56 Å². The van der Waals surface area contributed by atoms with E-state index in [-0.39, 0.29) is 30.8 Å². The molecule has 0 bridgehead atoms. The van der Waals surface area contributed by atoms with Crippen LogP contribution < -0.4 is 21.9 Å². The second-order valence-electron chi connectivity index (χ2n) is 5.88. The van der Waals surface area contributed by atoms with Crippen LogP contribution in [0.1, 0.15) is 18.4 Å². The predicted molar refractivity (Wildman–Crippen MR) is 106 cm³/mol. The quantitative estimate of drug-likeness (QED) is 0.136. The molecule has 1 aromatic carbocycles. The van der Waals surface area contributed by atoms with E-state index in [1.54, 1.807) is 12.1 Å². The molecule has 0 saturated carbocycles. The molecule has 0 heterocycles. The molecular weight excluding hydrogens is 406 g/mol. The first-order valence-corrected chi connectivity index (χ1v) is 8.96. The van der Waals surface area contributed by atoms with Gasteiger partial charge in [0.05, 0.1) is 0 Å². The maximum absolute atomic E-state index is 11.6. The number of hydrogen-bond donors (Lipinski definition) is 7. The number of carboxylic acid groups (broad SMARTS) is 3. The molecule has 162 valence electrons. The van der Waals surface area contributed by atoms with Crippen molar-refractivity contribution >= 4 is 36.5 Å². The van der Waals surface area contributed by atoms with E-state index in [1.807, 2.05) is 0 Å². The second kappa shape index (κ2) is 13.5. The summed E-state index contributed by atoms with van der Waals surface area (Å²) in [5.41, 5.74) is 16.6. The molecule has 0 saturated heterocycles. The zero-order valence-electron chi connectivity index (χ0n) is 15.4. The zero-order chi connectivity index (χ0) is 22.6. The number of carboxylic acids is 3. The lowest BCUT2D eigenvalue weighted by atomic mass is 10.1. The van der Waals surface area contributed by atoms with Crippen molar-refractivity contribution in [3.05, 3.63) is 29.8 Å². The third kappa shape index (κ3) is 11.7.